The summed E-state index contributed by atoms with van der Waals surface area (Å²) in [6, 6.07) is 14.2. The number of hydrogen-bond acceptors (Lipinski definition) is 3. The second-order valence-electron chi connectivity index (χ2n) is 4.18. The van der Waals surface area contributed by atoms with Gasteiger partial charge in [-0.25, -0.2) is 0 Å². The molecule has 2 aromatic rings. The molecule has 4 heteroatoms. The van der Waals surface area contributed by atoms with E-state index in [1.807, 2.05) is 37.3 Å². The van der Waals surface area contributed by atoms with E-state index in [1.165, 1.54) is 6.07 Å². The summed E-state index contributed by atoms with van der Waals surface area (Å²) in [5.41, 5.74) is 8.75. The first kappa shape index (κ1) is 12.3. The van der Waals surface area contributed by atoms with Crippen LogP contribution in [0.2, 0.25) is 0 Å². The summed E-state index contributed by atoms with van der Waals surface area (Å²) >= 11 is 0. The van der Waals surface area contributed by atoms with Gasteiger partial charge < -0.3 is 5.73 Å². The van der Waals surface area contributed by atoms with Crippen LogP contribution in [-0.2, 0) is 0 Å². The van der Waals surface area contributed by atoms with Crippen molar-refractivity contribution in [2.75, 3.05) is 0 Å². The normalized spacial score (nSPS) is 12.1. The summed E-state index contributed by atoms with van der Waals surface area (Å²) in [6.07, 6.45) is 0. The molecule has 2 N–H and O–H groups in total. The zero-order chi connectivity index (χ0) is 13.1. The predicted octanol–water partition coefficient (Wildman–Crippen LogP) is 3.28. The molecule has 1 unspecified atom stereocenters. The molecule has 0 bridgehead atoms. The van der Waals surface area contributed by atoms with Crippen LogP contribution >= 0.6 is 0 Å². The molecule has 0 saturated heterocycles. The Morgan fingerprint density at radius 1 is 1.17 bits per heavy atom. The number of rotatable bonds is 3. The molecule has 1 atom stereocenters. The maximum atomic E-state index is 10.8. The fourth-order valence-electron chi connectivity index (χ4n) is 1.94. The second kappa shape index (κ2) is 4.98. The Labute approximate surface area is 105 Å². The van der Waals surface area contributed by atoms with Crippen LogP contribution < -0.4 is 5.73 Å². The number of nitrogens with zero attached hydrogens (tertiary/aromatic N) is 1. The molecule has 0 aliphatic heterocycles. The molecule has 18 heavy (non-hydrogen) atoms. The Balaban J connectivity index is 2.55. The van der Waals surface area contributed by atoms with Gasteiger partial charge in [0.25, 0.3) is 5.69 Å². The fraction of sp³-hybridized carbons (Fsp3) is 0.143. The zero-order valence-corrected chi connectivity index (χ0v) is 10.0. The summed E-state index contributed by atoms with van der Waals surface area (Å²) in [6.45, 7) is 1.90. The van der Waals surface area contributed by atoms with Gasteiger partial charge in [0.2, 0.25) is 0 Å². The van der Waals surface area contributed by atoms with Crippen molar-refractivity contribution in [2.24, 2.45) is 5.73 Å². The molecule has 0 saturated carbocycles. The molecule has 0 amide bonds. The average Bonchev–Trinajstić information content (AvgIpc) is 2.39. The minimum atomic E-state index is -0.391. The van der Waals surface area contributed by atoms with Crippen molar-refractivity contribution in [3.8, 4) is 11.1 Å². The number of non-ortho nitro benzene ring substituents is 1. The Morgan fingerprint density at radius 2 is 1.89 bits per heavy atom. The lowest BCUT2D eigenvalue weighted by Gasteiger charge is -2.12. The molecule has 0 heterocycles. The molecule has 92 valence electrons. The standard InChI is InChI=1S/C14H14N2O2/c1-10(15)13-7-2-3-8-14(13)11-5-4-6-12(9-11)16(17)18/h2-10H,15H2,1H3. The first-order valence-corrected chi connectivity index (χ1v) is 5.69. The average molecular weight is 242 g/mol. The molecule has 0 aliphatic rings. The van der Waals surface area contributed by atoms with E-state index in [4.69, 9.17) is 5.73 Å². The van der Waals surface area contributed by atoms with Gasteiger partial charge in [0, 0.05) is 18.2 Å². The Hall–Kier alpha value is -2.20. The van der Waals surface area contributed by atoms with Crippen LogP contribution in [0.1, 0.15) is 18.5 Å². The second-order valence-corrected chi connectivity index (χ2v) is 4.18. The number of nitro benzene ring substituents is 1. The smallest absolute Gasteiger partial charge is 0.270 e. The van der Waals surface area contributed by atoms with Crippen molar-refractivity contribution in [2.45, 2.75) is 13.0 Å². The van der Waals surface area contributed by atoms with Gasteiger partial charge in [-0.05, 0) is 23.6 Å². The van der Waals surface area contributed by atoms with Gasteiger partial charge in [-0.3, -0.25) is 10.1 Å². The molecule has 2 aromatic carbocycles. The van der Waals surface area contributed by atoms with E-state index in [0.717, 1.165) is 16.7 Å². The van der Waals surface area contributed by atoms with E-state index >= 15 is 0 Å². The first-order chi connectivity index (χ1) is 8.59. The third-order valence-electron chi connectivity index (χ3n) is 2.82. The molecule has 0 radical (unpaired) electrons. The number of hydrogen-bond donors (Lipinski definition) is 1. The molecule has 0 aliphatic carbocycles. The SMILES string of the molecule is CC(N)c1ccccc1-c1cccc([N+](=O)[O-])c1. The number of nitrogens with two attached hydrogens (primary N) is 1. The lowest BCUT2D eigenvalue weighted by molar-refractivity contribution is -0.384. The highest BCUT2D eigenvalue weighted by atomic mass is 16.6. The van der Waals surface area contributed by atoms with Crippen molar-refractivity contribution in [3.05, 3.63) is 64.2 Å². The van der Waals surface area contributed by atoms with Crippen molar-refractivity contribution < 1.29 is 4.92 Å². The lowest BCUT2D eigenvalue weighted by Crippen LogP contribution is -2.06. The summed E-state index contributed by atoms with van der Waals surface area (Å²) in [4.78, 5) is 10.4. The summed E-state index contributed by atoms with van der Waals surface area (Å²) in [5, 5.41) is 10.8. The fourth-order valence-corrected chi connectivity index (χ4v) is 1.94. The Kier molecular flexibility index (Phi) is 3.39. The first-order valence-electron chi connectivity index (χ1n) is 5.69. The minimum Gasteiger partial charge on any atom is -0.324 e. The van der Waals surface area contributed by atoms with Crippen LogP contribution in [0.3, 0.4) is 0 Å². The summed E-state index contributed by atoms with van der Waals surface area (Å²) in [7, 11) is 0. The minimum absolute atomic E-state index is 0.0898. The molecule has 0 aromatic heterocycles. The van der Waals surface area contributed by atoms with Gasteiger partial charge in [0.15, 0.2) is 0 Å². The van der Waals surface area contributed by atoms with Gasteiger partial charge in [-0.1, -0.05) is 36.4 Å². The summed E-state index contributed by atoms with van der Waals surface area (Å²) in [5.74, 6) is 0. The van der Waals surface area contributed by atoms with E-state index < -0.39 is 4.92 Å². The van der Waals surface area contributed by atoms with Crippen LogP contribution in [-0.4, -0.2) is 4.92 Å². The monoisotopic (exact) mass is 242 g/mol. The van der Waals surface area contributed by atoms with Crippen LogP contribution in [0, 0.1) is 10.1 Å². The number of nitro groups is 1. The maximum absolute atomic E-state index is 10.8. The van der Waals surface area contributed by atoms with E-state index in [-0.39, 0.29) is 11.7 Å². The zero-order valence-electron chi connectivity index (χ0n) is 10.0. The third kappa shape index (κ3) is 2.38. The van der Waals surface area contributed by atoms with Crippen molar-refractivity contribution in [1.29, 1.82) is 0 Å². The van der Waals surface area contributed by atoms with Gasteiger partial charge in [-0.15, -0.1) is 0 Å². The topological polar surface area (TPSA) is 69.2 Å². The lowest BCUT2D eigenvalue weighted by atomic mass is 9.96. The Morgan fingerprint density at radius 3 is 2.56 bits per heavy atom. The molecule has 2 rings (SSSR count). The Bertz CT molecular complexity index is 580. The molecule has 0 spiro atoms. The van der Waals surface area contributed by atoms with Gasteiger partial charge >= 0.3 is 0 Å². The van der Waals surface area contributed by atoms with Crippen LogP contribution in [0.4, 0.5) is 5.69 Å². The highest BCUT2D eigenvalue weighted by molar-refractivity contribution is 5.70. The molecule has 4 nitrogen and oxygen atoms in total. The van der Waals surface area contributed by atoms with Crippen LogP contribution in [0.15, 0.2) is 48.5 Å². The number of benzene rings is 2. The largest absolute Gasteiger partial charge is 0.324 e. The van der Waals surface area contributed by atoms with Crippen LogP contribution in [0.5, 0.6) is 0 Å². The molecule has 0 fully saturated rings. The predicted molar refractivity (Wildman–Crippen MR) is 71.1 cm³/mol. The van der Waals surface area contributed by atoms with Gasteiger partial charge in [0.05, 0.1) is 4.92 Å². The third-order valence-corrected chi connectivity index (χ3v) is 2.82. The van der Waals surface area contributed by atoms with Gasteiger partial charge in [-0.2, -0.15) is 0 Å². The highest BCUT2D eigenvalue weighted by Crippen LogP contribution is 2.29. The van der Waals surface area contributed by atoms with Crippen molar-refractivity contribution in [3.63, 3.8) is 0 Å². The van der Waals surface area contributed by atoms with E-state index in [0.29, 0.717) is 0 Å². The maximum Gasteiger partial charge on any atom is 0.270 e. The quantitative estimate of drug-likeness (QED) is 0.663. The van der Waals surface area contributed by atoms with Crippen molar-refractivity contribution >= 4 is 5.69 Å². The van der Waals surface area contributed by atoms with E-state index in [1.54, 1.807) is 12.1 Å². The van der Waals surface area contributed by atoms with Crippen molar-refractivity contribution in [1.82, 2.24) is 0 Å². The summed E-state index contributed by atoms with van der Waals surface area (Å²) < 4.78 is 0. The molecular weight excluding hydrogens is 228 g/mol. The van der Waals surface area contributed by atoms with E-state index in [2.05, 4.69) is 0 Å². The van der Waals surface area contributed by atoms with Gasteiger partial charge in [0.1, 0.15) is 0 Å². The van der Waals surface area contributed by atoms with E-state index in [9.17, 15) is 10.1 Å². The van der Waals surface area contributed by atoms with Crippen LogP contribution in [0.25, 0.3) is 11.1 Å². The highest BCUT2D eigenvalue weighted by Gasteiger charge is 2.11. The molecular formula is C14H14N2O2.